The van der Waals surface area contributed by atoms with E-state index in [1.807, 2.05) is 52.7 Å². The molecule has 4 nitrogen and oxygen atoms in total. The van der Waals surface area contributed by atoms with E-state index in [4.69, 9.17) is 0 Å². The van der Waals surface area contributed by atoms with Crippen molar-refractivity contribution in [1.29, 1.82) is 0 Å². The molecule has 1 saturated heterocycles. The fourth-order valence-corrected chi connectivity index (χ4v) is 5.03. The normalized spacial score (nSPS) is 16.4. The monoisotopic (exact) mass is 408 g/mol. The lowest BCUT2D eigenvalue weighted by molar-refractivity contribution is -0.115. The number of hydrogen-bond acceptors (Lipinski definition) is 4. The van der Waals surface area contributed by atoms with Gasteiger partial charge in [0.05, 0.1) is 10.6 Å². The number of carbonyl (C=O) groups is 2. The summed E-state index contributed by atoms with van der Waals surface area (Å²) in [7, 11) is 0. The molecule has 2 heterocycles. The summed E-state index contributed by atoms with van der Waals surface area (Å²) in [6.07, 6.45) is 0.928. The van der Waals surface area contributed by atoms with Gasteiger partial charge < -0.3 is 5.32 Å². The van der Waals surface area contributed by atoms with Gasteiger partial charge in [0.1, 0.15) is 5.37 Å². The average molecular weight is 409 g/mol. The van der Waals surface area contributed by atoms with Crippen LogP contribution in [0.5, 0.6) is 0 Å². The van der Waals surface area contributed by atoms with Crippen LogP contribution in [0.15, 0.2) is 66.0 Å². The highest BCUT2D eigenvalue weighted by Crippen LogP contribution is 2.42. The summed E-state index contributed by atoms with van der Waals surface area (Å²) in [6.45, 7) is 2.11. The second kappa shape index (κ2) is 8.20. The number of aryl methyl sites for hydroxylation is 1. The minimum Gasteiger partial charge on any atom is -0.321 e. The maximum absolute atomic E-state index is 12.6. The highest BCUT2D eigenvalue weighted by atomic mass is 32.2. The van der Waals surface area contributed by atoms with Crippen LogP contribution in [-0.4, -0.2) is 17.6 Å². The molecule has 142 valence electrons. The first-order valence-electron chi connectivity index (χ1n) is 9.13. The van der Waals surface area contributed by atoms with Gasteiger partial charge in [0.2, 0.25) is 5.91 Å². The second-order valence-electron chi connectivity index (χ2n) is 6.51. The molecule has 2 amide bonds. The Morgan fingerprint density at radius 3 is 2.79 bits per heavy atom. The molecule has 1 N–H and O–H groups in total. The van der Waals surface area contributed by atoms with Gasteiger partial charge in [-0.15, -0.1) is 23.1 Å². The van der Waals surface area contributed by atoms with Gasteiger partial charge in [-0.3, -0.25) is 14.5 Å². The Labute approximate surface area is 172 Å². The Bertz CT molecular complexity index is 1000. The van der Waals surface area contributed by atoms with Gasteiger partial charge in [-0.2, -0.15) is 0 Å². The molecule has 1 atom stereocenters. The third-order valence-corrected chi connectivity index (χ3v) is 6.72. The number of rotatable bonds is 5. The minimum atomic E-state index is -0.116. The fourth-order valence-electron chi connectivity index (χ4n) is 3.25. The highest BCUT2D eigenvalue weighted by molar-refractivity contribution is 8.00. The molecule has 1 aromatic heterocycles. The zero-order chi connectivity index (χ0) is 19.5. The van der Waals surface area contributed by atoms with Crippen molar-refractivity contribution in [1.82, 2.24) is 0 Å². The van der Waals surface area contributed by atoms with E-state index in [1.165, 1.54) is 16.9 Å². The number of thioether (sulfide) groups is 1. The fraction of sp³-hybridized carbons (Fsp3) is 0.182. The number of nitrogens with zero attached hydrogens (tertiary/aromatic N) is 1. The summed E-state index contributed by atoms with van der Waals surface area (Å²) >= 11 is 3.02. The van der Waals surface area contributed by atoms with Crippen molar-refractivity contribution in [2.45, 2.75) is 18.7 Å². The minimum absolute atomic E-state index is 0.0989. The average Bonchev–Trinajstić information content (AvgIpc) is 3.38. The topological polar surface area (TPSA) is 49.4 Å². The van der Waals surface area contributed by atoms with E-state index >= 15 is 0 Å². The molecule has 0 bridgehead atoms. The van der Waals surface area contributed by atoms with Gasteiger partial charge in [0, 0.05) is 11.4 Å². The Morgan fingerprint density at radius 2 is 2.00 bits per heavy atom. The van der Waals surface area contributed by atoms with Crippen LogP contribution >= 0.6 is 23.1 Å². The number of nitrogens with one attached hydrogen (secondary N) is 1. The van der Waals surface area contributed by atoms with E-state index in [9.17, 15) is 9.59 Å². The lowest BCUT2D eigenvalue weighted by atomic mass is 10.1. The summed E-state index contributed by atoms with van der Waals surface area (Å²) in [6, 6.07) is 19.6. The first-order chi connectivity index (χ1) is 13.7. The van der Waals surface area contributed by atoms with E-state index in [0.717, 1.165) is 23.4 Å². The van der Waals surface area contributed by atoms with Gasteiger partial charge in [-0.25, -0.2) is 0 Å². The molecular formula is C22H20N2O2S2. The van der Waals surface area contributed by atoms with Crippen molar-refractivity contribution in [3.05, 3.63) is 82.0 Å². The predicted octanol–water partition coefficient (Wildman–Crippen LogP) is 5.34. The largest absolute Gasteiger partial charge is 0.321 e. The summed E-state index contributed by atoms with van der Waals surface area (Å²) in [4.78, 5) is 27.5. The maximum Gasteiger partial charge on any atom is 0.265 e. The van der Waals surface area contributed by atoms with Crippen molar-refractivity contribution in [3.63, 3.8) is 0 Å². The van der Waals surface area contributed by atoms with Crippen LogP contribution in [-0.2, 0) is 11.2 Å². The van der Waals surface area contributed by atoms with E-state index < -0.39 is 0 Å². The lowest BCUT2D eigenvalue weighted by Gasteiger charge is -2.25. The molecule has 0 spiro atoms. The van der Waals surface area contributed by atoms with Crippen LogP contribution in [0.25, 0.3) is 0 Å². The molecule has 0 unspecified atom stereocenters. The van der Waals surface area contributed by atoms with Crippen LogP contribution in [0.4, 0.5) is 11.4 Å². The molecule has 2 aromatic carbocycles. The Balaban J connectivity index is 1.60. The first kappa shape index (κ1) is 18.8. The first-order valence-corrected chi connectivity index (χ1v) is 11.1. The van der Waals surface area contributed by atoms with Gasteiger partial charge in [-0.1, -0.05) is 37.3 Å². The number of thiophene rings is 1. The molecular weight excluding hydrogens is 388 g/mol. The van der Waals surface area contributed by atoms with Crippen molar-refractivity contribution in [2.75, 3.05) is 16.0 Å². The Kier molecular flexibility index (Phi) is 5.50. The molecule has 6 heteroatoms. The van der Waals surface area contributed by atoms with Crippen molar-refractivity contribution in [3.8, 4) is 0 Å². The van der Waals surface area contributed by atoms with Crippen LogP contribution in [0.1, 0.15) is 33.1 Å². The van der Waals surface area contributed by atoms with Crippen LogP contribution in [0.2, 0.25) is 0 Å². The number of benzene rings is 2. The van der Waals surface area contributed by atoms with Crippen LogP contribution in [0, 0.1) is 0 Å². The highest BCUT2D eigenvalue weighted by Gasteiger charge is 2.34. The summed E-state index contributed by atoms with van der Waals surface area (Å²) in [5, 5.41) is 4.74. The molecule has 3 aromatic rings. The quantitative estimate of drug-likeness (QED) is 0.620. The van der Waals surface area contributed by atoms with E-state index in [2.05, 4.69) is 24.4 Å². The maximum atomic E-state index is 12.6. The van der Waals surface area contributed by atoms with Crippen molar-refractivity contribution < 1.29 is 9.59 Å². The van der Waals surface area contributed by atoms with Crippen molar-refractivity contribution in [2.24, 2.45) is 0 Å². The summed E-state index contributed by atoms with van der Waals surface area (Å²) < 4.78 is 0. The molecule has 4 rings (SSSR count). The number of carbonyl (C=O) groups excluding carboxylic acids is 2. The smallest absolute Gasteiger partial charge is 0.265 e. The summed E-state index contributed by atoms with van der Waals surface area (Å²) in [5.41, 5.74) is 3.87. The SMILES string of the molecule is CCc1cccc(N2C(=O)CS[C@H]2c2cccc(NC(=O)c3cccs3)c2)c1. The molecule has 28 heavy (non-hydrogen) atoms. The standard InChI is InChI=1S/C22H20N2O2S2/c1-2-15-6-3-9-18(12-15)24-20(25)14-28-22(24)16-7-4-8-17(13-16)23-21(26)19-10-5-11-27-19/h3-13,22H,2,14H2,1H3,(H,23,26)/t22-/m0/s1. The number of hydrogen-bond donors (Lipinski definition) is 1. The third-order valence-electron chi connectivity index (χ3n) is 4.64. The Hall–Kier alpha value is -2.57. The van der Waals surface area contributed by atoms with Crippen molar-refractivity contribution >= 4 is 46.3 Å². The van der Waals surface area contributed by atoms with Crippen LogP contribution in [0.3, 0.4) is 0 Å². The predicted molar refractivity (Wildman–Crippen MR) is 117 cm³/mol. The zero-order valence-electron chi connectivity index (χ0n) is 15.4. The molecule has 0 radical (unpaired) electrons. The zero-order valence-corrected chi connectivity index (χ0v) is 17.1. The molecule has 1 fully saturated rings. The molecule has 1 aliphatic rings. The van der Waals surface area contributed by atoms with Crippen LogP contribution < -0.4 is 10.2 Å². The lowest BCUT2D eigenvalue weighted by Crippen LogP contribution is -2.28. The number of amides is 2. The molecule has 1 aliphatic heterocycles. The van der Waals surface area contributed by atoms with Gasteiger partial charge in [-0.05, 0) is 53.3 Å². The Morgan fingerprint density at radius 1 is 1.14 bits per heavy atom. The van der Waals surface area contributed by atoms with E-state index in [0.29, 0.717) is 10.6 Å². The van der Waals surface area contributed by atoms with Gasteiger partial charge >= 0.3 is 0 Å². The third kappa shape index (κ3) is 3.84. The second-order valence-corrected chi connectivity index (χ2v) is 8.52. The van der Waals surface area contributed by atoms with E-state index in [1.54, 1.807) is 17.8 Å². The van der Waals surface area contributed by atoms with E-state index in [-0.39, 0.29) is 17.2 Å². The van der Waals surface area contributed by atoms with Gasteiger partial charge in [0.15, 0.2) is 0 Å². The molecule has 0 aliphatic carbocycles. The number of anilines is 2. The summed E-state index contributed by atoms with van der Waals surface area (Å²) in [5.74, 6) is 0.443. The molecule has 0 saturated carbocycles. The van der Waals surface area contributed by atoms with Gasteiger partial charge in [0.25, 0.3) is 5.91 Å².